The predicted molar refractivity (Wildman–Crippen MR) is 181 cm³/mol. The van der Waals surface area contributed by atoms with Gasteiger partial charge < -0.3 is 0 Å². The van der Waals surface area contributed by atoms with E-state index in [2.05, 4.69) is 136 Å². The normalized spacial score (nSPS) is 24.1. The maximum atomic E-state index is 2.46. The number of hydrogen-bond donors (Lipinski definition) is 0. The highest BCUT2D eigenvalue weighted by atomic mass is 14.4. The van der Waals surface area contributed by atoms with E-state index in [1.165, 1.54) is 56.1 Å². The second-order valence-electron chi connectivity index (χ2n) is 14.4. The quantitative estimate of drug-likeness (QED) is 0.160. The fraction of sp³-hybridized carbons (Fsp3) is 0.600. The minimum Gasteiger partial charge on any atom is -0.0877 e. The molecule has 0 heterocycles. The Kier molecular flexibility index (Phi) is 14.0. The highest BCUT2D eigenvalue weighted by Crippen LogP contribution is 2.44. The molecule has 0 amide bonds. The monoisotopic (exact) mass is 542 g/mol. The highest BCUT2D eigenvalue weighted by molar-refractivity contribution is 5.33. The number of hydrogen-bond acceptors (Lipinski definition) is 0. The van der Waals surface area contributed by atoms with E-state index in [1.807, 2.05) is 0 Å². The summed E-state index contributed by atoms with van der Waals surface area (Å²) in [6, 6.07) is 0. The molecule has 0 N–H and O–H groups in total. The Morgan fingerprint density at radius 1 is 0.925 bits per heavy atom. The summed E-state index contributed by atoms with van der Waals surface area (Å²) in [6.45, 7) is 23.5. The minimum atomic E-state index is 0.330. The Labute approximate surface area is 249 Å². The summed E-state index contributed by atoms with van der Waals surface area (Å²) >= 11 is 0. The molecule has 40 heavy (non-hydrogen) atoms. The van der Waals surface area contributed by atoms with E-state index in [0.717, 1.165) is 18.8 Å². The first kappa shape index (κ1) is 34.1. The third kappa shape index (κ3) is 11.8. The van der Waals surface area contributed by atoms with Gasteiger partial charge in [0.05, 0.1) is 0 Å². The van der Waals surface area contributed by atoms with Crippen LogP contribution in [0.4, 0.5) is 0 Å². The van der Waals surface area contributed by atoms with Crippen LogP contribution in [0.1, 0.15) is 127 Å². The lowest BCUT2D eigenvalue weighted by molar-refractivity contribution is 0.204. The van der Waals surface area contributed by atoms with Crippen molar-refractivity contribution in [2.24, 2.45) is 28.6 Å². The average Bonchev–Trinajstić information content (AvgIpc) is 2.85. The molecular formula is C40H62. The SMILES string of the molecule is CC1=CCCC(C)(C)C1CC/C(C)=C/C=C/C(C)=C/C=C/CC(C)/C=C/CC(C)/C=C/C1=C(C)CCCC1(C)C. The van der Waals surface area contributed by atoms with Crippen molar-refractivity contribution >= 4 is 0 Å². The van der Waals surface area contributed by atoms with Gasteiger partial charge in [-0.15, -0.1) is 0 Å². The average molecular weight is 543 g/mol. The smallest absolute Gasteiger partial charge is 0.0104 e. The minimum absolute atomic E-state index is 0.330. The molecule has 0 heteroatoms. The van der Waals surface area contributed by atoms with Crippen molar-refractivity contribution in [3.05, 3.63) is 94.7 Å². The molecule has 0 bridgehead atoms. The summed E-state index contributed by atoms with van der Waals surface area (Å²) in [6.07, 6.45) is 36.7. The van der Waals surface area contributed by atoms with Crippen LogP contribution in [0.2, 0.25) is 0 Å². The molecule has 3 unspecified atom stereocenters. The molecule has 0 saturated heterocycles. The molecule has 0 saturated carbocycles. The lowest BCUT2D eigenvalue weighted by Gasteiger charge is -2.38. The van der Waals surface area contributed by atoms with Gasteiger partial charge in [0, 0.05) is 0 Å². The number of rotatable bonds is 13. The van der Waals surface area contributed by atoms with Crippen molar-refractivity contribution in [3.63, 3.8) is 0 Å². The van der Waals surface area contributed by atoms with Crippen LogP contribution >= 0.6 is 0 Å². The second kappa shape index (κ2) is 16.4. The molecule has 0 radical (unpaired) electrons. The molecule has 0 aromatic heterocycles. The van der Waals surface area contributed by atoms with Gasteiger partial charge in [0.1, 0.15) is 0 Å². The Bertz CT molecular complexity index is 1040. The summed E-state index contributed by atoms with van der Waals surface area (Å²) in [7, 11) is 0. The van der Waals surface area contributed by atoms with E-state index in [4.69, 9.17) is 0 Å². The van der Waals surface area contributed by atoms with Crippen LogP contribution in [-0.2, 0) is 0 Å². The van der Waals surface area contributed by atoms with Gasteiger partial charge in [-0.05, 0) is 120 Å². The zero-order valence-corrected chi connectivity index (χ0v) is 27.9. The highest BCUT2D eigenvalue weighted by Gasteiger charge is 2.32. The third-order valence-corrected chi connectivity index (χ3v) is 9.42. The summed E-state index contributed by atoms with van der Waals surface area (Å²) in [5, 5.41) is 0. The molecule has 3 atom stereocenters. The molecule has 0 fully saturated rings. The van der Waals surface area contributed by atoms with Crippen molar-refractivity contribution in [1.82, 2.24) is 0 Å². The maximum Gasteiger partial charge on any atom is -0.0104 e. The van der Waals surface area contributed by atoms with Crippen LogP contribution in [0.25, 0.3) is 0 Å². The Balaban J connectivity index is 1.73. The molecule has 0 aromatic carbocycles. The fourth-order valence-corrected chi connectivity index (χ4v) is 6.56. The van der Waals surface area contributed by atoms with Gasteiger partial charge in [0.15, 0.2) is 0 Å². The van der Waals surface area contributed by atoms with Crippen LogP contribution < -0.4 is 0 Å². The summed E-state index contributed by atoms with van der Waals surface area (Å²) < 4.78 is 0. The first-order valence-electron chi connectivity index (χ1n) is 16.2. The van der Waals surface area contributed by atoms with Crippen molar-refractivity contribution in [2.75, 3.05) is 0 Å². The molecule has 222 valence electrons. The van der Waals surface area contributed by atoms with E-state index in [0.29, 0.717) is 22.7 Å². The lowest BCUT2D eigenvalue weighted by Crippen LogP contribution is -2.27. The maximum absolute atomic E-state index is 2.46. The molecule has 2 aliphatic rings. The van der Waals surface area contributed by atoms with Crippen LogP contribution in [0, 0.1) is 28.6 Å². The Morgan fingerprint density at radius 2 is 1.62 bits per heavy atom. The Morgan fingerprint density at radius 3 is 2.33 bits per heavy atom. The van der Waals surface area contributed by atoms with Gasteiger partial charge in [0.2, 0.25) is 0 Å². The van der Waals surface area contributed by atoms with Crippen molar-refractivity contribution < 1.29 is 0 Å². The van der Waals surface area contributed by atoms with Gasteiger partial charge in [-0.2, -0.15) is 0 Å². The van der Waals surface area contributed by atoms with Gasteiger partial charge >= 0.3 is 0 Å². The van der Waals surface area contributed by atoms with Crippen molar-refractivity contribution in [3.8, 4) is 0 Å². The van der Waals surface area contributed by atoms with Gasteiger partial charge in [-0.1, -0.05) is 131 Å². The van der Waals surface area contributed by atoms with Crippen molar-refractivity contribution in [1.29, 1.82) is 0 Å². The van der Waals surface area contributed by atoms with Crippen LogP contribution in [0.15, 0.2) is 94.7 Å². The molecular weight excluding hydrogens is 480 g/mol. The standard InChI is InChI=1S/C40H62/c1-31(19-13-21-33(3)25-27-37-35(5)23-15-29-39(37,7)8)17-11-12-18-32(2)20-14-22-34(4)26-28-38-36(6)24-16-30-40(38,9)10/h11-14,17,19-21,23,26,28,32,34,37H,15-16,18,22,24-25,27,29-30H2,1-10H3/b12-11+,19-13+,20-14+,28-26+,31-17+,33-21+. The Hall–Kier alpha value is -2.08. The van der Waals surface area contributed by atoms with E-state index in [9.17, 15) is 0 Å². The van der Waals surface area contributed by atoms with E-state index in [1.54, 1.807) is 16.7 Å². The van der Waals surface area contributed by atoms with E-state index < -0.39 is 0 Å². The molecule has 0 spiro atoms. The molecule has 0 aliphatic heterocycles. The first-order chi connectivity index (χ1) is 18.8. The fourth-order valence-electron chi connectivity index (χ4n) is 6.56. The van der Waals surface area contributed by atoms with Gasteiger partial charge in [0.25, 0.3) is 0 Å². The van der Waals surface area contributed by atoms with E-state index in [-0.39, 0.29) is 0 Å². The first-order valence-corrected chi connectivity index (χ1v) is 16.2. The summed E-state index contributed by atoms with van der Waals surface area (Å²) in [5.41, 5.74) is 8.30. The molecule has 2 aliphatic carbocycles. The van der Waals surface area contributed by atoms with Crippen molar-refractivity contribution in [2.45, 2.75) is 127 Å². The molecule has 2 rings (SSSR count). The predicted octanol–water partition coefficient (Wildman–Crippen LogP) is 12.8. The largest absolute Gasteiger partial charge is 0.0877 e. The second-order valence-corrected chi connectivity index (χ2v) is 14.4. The zero-order valence-electron chi connectivity index (χ0n) is 27.9. The molecule has 0 aromatic rings. The molecule has 0 nitrogen and oxygen atoms in total. The van der Waals surface area contributed by atoms with Gasteiger partial charge in [-0.25, -0.2) is 0 Å². The summed E-state index contributed by atoms with van der Waals surface area (Å²) in [5.74, 6) is 1.86. The number of allylic oxidation sites excluding steroid dienone is 16. The zero-order chi connectivity index (χ0) is 29.8. The topological polar surface area (TPSA) is 0 Å². The van der Waals surface area contributed by atoms with Crippen LogP contribution in [0.3, 0.4) is 0 Å². The third-order valence-electron chi connectivity index (χ3n) is 9.42. The van der Waals surface area contributed by atoms with Crippen LogP contribution in [0.5, 0.6) is 0 Å². The van der Waals surface area contributed by atoms with Gasteiger partial charge in [-0.3, -0.25) is 0 Å². The lowest BCUT2D eigenvalue weighted by atomic mass is 9.67. The van der Waals surface area contributed by atoms with Crippen LogP contribution in [-0.4, -0.2) is 0 Å². The van der Waals surface area contributed by atoms with E-state index >= 15 is 0 Å². The summed E-state index contributed by atoms with van der Waals surface area (Å²) in [4.78, 5) is 0.